The normalized spacial score (nSPS) is 19.8. The van der Waals surface area contributed by atoms with Crippen LogP contribution in [0.5, 0.6) is 5.88 Å². The van der Waals surface area contributed by atoms with Crippen LogP contribution in [0.15, 0.2) is 16.9 Å². The third-order valence-corrected chi connectivity index (χ3v) is 2.71. The van der Waals surface area contributed by atoms with Crippen LogP contribution in [-0.2, 0) is 4.74 Å². The number of pyridine rings is 1. The SMILES string of the molecule is O=C(c1cc(O)[nH]c(=O)c1)N1CCOC(CO)C1. The Balaban J connectivity index is 2.17. The van der Waals surface area contributed by atoms with Crippen LogP contribution in [0.4, 0.5) is 0 Å². The zero-order valence-corrected chi connectivity index (χ0v) is 9.63. The maximum Gasteiger partial charge on any atom is 0.254 e. The zero-order chi connectivity index (χ0) is 13.1. The van der Waals surface area contributed by atoms with Crippen LogP contribution in [0, 0.1) is 0 Å². The summed E-state index contributed by atoms with van der Waals surface area (Å²) in [6, 6.07) is 2.33. The first kappa shape index (κ1) is 12.6. The Labute approximate surface area is 103 Å². The van der Waals surface area contributed by atoms with Crippen LogP contribution in [-0.4, -0.2) is 58.4 Å². The van der Waals surface area contributed by atoms with Gasteiger partial charge in [0.15, 0.2) is 5.88 Å². The van der Waals surface area contributed by atoms with Crippen LogP contribution in [0.25, 0.3) is 0 Å². The van der Waals surface area contributed by atoms with Crippen molar-refractivity contribution in [1.82, 2.24) is 9.88 Å². The van der Waals surface area contributed by atoms with Gasteiger partial charge < -0.3 is 19.8 Å². The minimum atomic E-state index is -0.537. The number of aromatic amines is 1. The van der Waals surface area contributed by atoms with Gasteiger partial charge in [0.2, 0.25) is 0 Å². The van der Waals surface area contributed by atoms with E-state index >= 15 is 0 Å². The molecule has 0 aliphatic carbocycles. The second-order valence-corrected chi connectivity index (χ2v) is 4.05. The van der Waals surface area contributed by atoms with Crippen LogP contribution in [0.1, 0.15) is 10.4 Å². The number of aromatic nitrogens is 1. The van der Waals surface area contributed by atoms with Gasteiger partial charge in [0.25, 0.3) is 11.5 Å². The Morgan fingerprint density at radius 2 is 2.33 bits per heavy atom. The van der Waals surface area contributed by atoms with Gasteiger partial charge in [-0.3, -0.25) is 14.6 Å². The molecule has 3 N–H and O–H groups in total. The Bertz CT molecular complexity index is 498. The fourth-order valence-corrected chi connectivity index (χ4v) is 1.85. The van der Waals surface area contributed by atoms with Crippen LogP contribution < -0.4 is 5.56 Å². The van der Waals surface area contributed by atoms with E-state index in [0.29, 0.717) is 13.2 Å². The number of carbonyl (C=O) groups excluding carboxylic acids is 1. The number of rotatable bonds is 2. The number of nitrogens with zero attached hydrogens (tertiary/aromatic N) is 1. The highest BCUT2D eigenvalue weighted by atomic mass is 16.5. The van der Waals surface area contributed by atoms with E-state index in [1.807, 2.05) is 0 Å². The summed E-state index contributed by atoms with van der Waals surface area (Å²) in [6.45, 7) is 0.836. The fourth-order valence-electron chi connectivity index (χ4n) is 1.85. The van der Waals surface area contributed by atoms with Crippen molar-refractivity contribution in [2.45, 2.75) is 6.10 Å². The van der Waals surface area contributed by atoms with Crippen molar-refractivity contribution in [2.75, 3.05) is 26.3 Å². The summed E-state index contributed by atoms with van der Waals surface area (Å²) >= 11 is 0. The van der Waals surface area contributed by atoms with E-state index in [2.05, 4.69) is 4.98 Å². The van der Waals surface area contributed by atoms with Crippen molar-refractivity contribution in [3.63, 3.8) is 0 Å². The highest BCUT2D eigenvalue weighted by Crippen LogP contribution is 2.11. The largest absolute Gasteiger partial charge is 0.494 e. The molecule has 98 valence electrons. The number of H-pyrrole nitrogens is 1. The van der Waals surface area contributed by atoms with E-state index in [1.54, 1.807) is 0 Å². The summed E-state index contributed by atoms with van der Waals surface area (Å²) < 4.78 is 5.23. The topological polar surface area (TPSA) is 103 Å². The molecule has 1 aromatic heterocycles. The lowest BCUT2D eigenvalue weighted by atomic mass is 10.2. The van der Waals surface area contributed by atoms with Gasteiger partial charge in [0, 0.05) is 25.2 Å². The Morgan fingerprint density at radius 3 is 3.00 bits per heavy atom. The number of morpholine rings is 1. The second-order valence-electron chi connectivity index (χ2n) is 4.05. The van der Waals surface area contributed by atoms with Gasteiger partial charge in [-0.25, -0.2) is 0 Å². The van der Waals surface area contributed by atoms with E-state index in [9.17, 15) is 14.7 Å². The summed E-state index contributed by atoms with van der Waals surface area (Å²) in [5, 5.41) is 18.2. The number of nitrogens with one attached hydrogen (secondary N) is 1. The summed E-state index contributed by atoms with van der Waals surface area (Å²) in [5.41, 5.74) is -0.417. The minimum absolute atomic E-state index is 0.120. The number of hydrogen-bond acceptors (Lipinski definition) is 5. The molecule has 1 amide bonds. The van der Waals surface area contributed by atoms with E-state index in [1.165, 1.54) is 11.0 Å². The average molecular weight is 254 g/mol. The number of ether oxygens (including phenoxy) is 1. The molecular weight excluding hydrogens is 240 g/mol. The van der Waals surface area contributed by atoms with Crippen molar-refractivity contribution in [2.24, 2.45) is 0 Å². The number of aliphatic hydroxyl groups is 1. The highest BCUT2D eigenvalue weighted by Gasteiger charge is 2.24. The molecule has 0 aromatic carbocycles. The highest BCUT2D eigenvalue weighted by molar-refractivity contribution is 5.94. The van der Waals surface area contributed by atoms with Crippen LogP contribution in [0.3, 0.4) is 0 Å². The summed E-state index contributed by atoms with van der Waals surface area (Å²) in [4.78, 5) is 26.9. The molecule has 0 saturated carbocycles. The Kier molecular flexibility index (Phi) is 3.63. The Morgan fingerprint density at radius 1 is 1.56 bits per heavy atom. The third-order valence-electron chi connectivity index (χ3n) is 2.71. The fraction of sp³-hybridized carbons (Fsp3) is 0.455. The molecule has 18 heavy (non-hydrogen) atoms. The Hall–Kier alpha value is -1.86. The molecule has 1 saturated heterocycles. The number of aromatic hydroxyl groups is 1. The molecule has 0 radical (unpaired) electrons. The van der Waals surface area contributed by atoms with Gasteiger partial charge in [0.1, 0.15) is 0 Å². The standard InChI is InChI=1S/C11H14N2O5/c14-6-8-5-13(1-2-18-8)11(17)7-3-9(15)12-10(16)4-7/h3-4,8,14H,1-2,5-6H2,(H2,12,15,16). The first-order chi connectivity index (χ1) is 8.60. The lowest BCUT2D eigenvalue weighted by Crippen LogP contribution is -2.47. The lowest BCUT2D eigenvalue weighted by Gasteiger charge is -2.32. The van der Waals surface area contributed by atoms with E-state index < -0.39 is 11.7 Å². The summed E-state index contributed by atoms with van der Waals surface area (Å²) in [5.74, 6) is -0.712. The zero-order valence-electron chi connectivity index (χ0n) is 9.63. The maximum atomic E-state index is 12.1. The van der Waals surface area contributed by atoms with E-state index in [0.717, 1.165) is 6.07 Å². The van der Waals surface area contributed by atoms with Crippen LogP contribution in [0.2, 0.25) is 0 Å². The van der Waals surface area contributed by atoms with Gasteiger partial charge in [-0.1, -0.05) is 0 Å². The minimum Gasteiger partial charge on any atom is -0.494 e. The molecule has 1 fully saturated rings. The number of amides is 1. The third kappa shape index (κ3) is 2.69. The van der Waals surface area contributed by atoms with Crippen molar-refractivity contribution in [3.8, 4) is 5.88 Å². The number of carbonyl (C=O) groups is 1. The van der Waals surface area contributed by atoms with Gasteiger partial charge in [-0.05, 0) is 0 Å². The predicted octanol–water partition coefficient (Wildman–Crippen LogP) is -1.09. The molecule has 7 heteroatoms. The monoisotopic (exact) mass is 254 g/mol. The maximum absolute atomic E-state index is 12.1. The van der Waals surface area contributed by atoms with Crippen molar-refractivity contribution < 1.29 is 19.7 Å². The quantitative estimate of drug-likeness (QED) is 0.622. The number of aliphatic hydroxyl groups excluding tert-OH is 1. The van der Waals surface area contributed by atoms with Gasteiger partial charge in [-0.15, -0.1) is 0 Å². The van der Waals surface area contributed by atoms with Gasteiger partial charge in [0.05, 0.1) is 24.9 Å². The summed E-state index contributed by atoms with van der Waals surface area (Å²) in [7, 11) is 0. The average Bonchev–Trinajstić information content (AvgIpc) is 2.37. The molecule has 1 aliphatic rings. The molecule has 2 rings (SSSR count). The first-order valence-corrected chi connectivity index (χ1v) is 5.55. The first-order valence-electron chi connectivity index (χ1n) is 5.55. The van der Waals surface area contributed by atoms with Gasteiger partial charge >= 0.3 is 0 Å². The smallest absolute Gasteiger partial charge is 0.254 e. The summed E-state index contributed by atoms with van der Waals surface area (Å²) in [6.07, 6.45) is -0.404. The van der Waals surface area contributed by atoms with Crippen LogP contribution >= 0.6 is 0 Å². The molecule has 1 unspecified atom stereocenters. The predicted molar refractivity (Wildman–Crippen MR) is 61.5 cm³/mol. The molecule has 0 bridgehead atoms. The van der Waals surface area contributed by atoms with Crippen molar-refractivity contribution >= 4 is 5.91 Å². The molecular formula is C11H14N2O5. The lowest BCUT2D eigenvalue weighted by molar-refractivity contribution is -0.0447. The molecule has 0 spiro atoms. The van der Waals surface area contributed by atoms with Gasteiger partial charge in [-0.2, -0.15) is 0 Å². The molecule has 7 nitrogen and oxygen atoms in total. The second kappa shape index (κ2) is 5.19. The van der Waals surface area contributed by atoms with Crippen molar-refractivity contribution in [3.05, 3.63) is 28.0 Å². The molecule has 2 heterocycles. The molecule has 1 aromatic rings. The van der Waals surface area contributed by atoms with E-state index in [4.69, 9.17) is 9.84 Å². The molecule has 1 aliphatic heterocycles. The number of hydrogen-bond donors (Lipinski definition) is 3. The molecule has 1 atom stereocenters. The van der Waals surface area contributed by atoms with E-state index in [-0.39, 0.29) is 30.5 Å². The van der Waals surface area contributed by atoms with Crippen molar-refractivity contribution in [1.29, 1.82) is 0 Å².